The van der Waals surface area contributed by atoms with Crippen molar-refractivity contribution >= 4 is 54.8 Å². The molecule has 180 valence electrons. The summed E-state index contributed by atoms with van der Waals surface area (Å²) in [5.74, 6) is -0.611. The molecule has 0 aliphatic rings. The van der Waals surface area contributed by atoms with Gasteiger partial charge in [0.25, 0.3) is 0 Å². The zero-order valence-electron chi connectivity index (χ0n) is 18.9. The number of hydrogen-bond acceptors (Lipinski definition) is 7. The Bertz CT molecular complexity index is 1210. The fourth-order valence-electron chi connectivity index (χ4n) is 3.12. The lowest BCUT2D eigenvalue weighted by Gasteiger charge is -2.22. The van der Waals surface area contributed by atoms with Crippen molar-refractivity contribution in [2.45, 2.75) is 18.2 Å². The number of amides is 1. The highest BCUT2D eigenvalue weighted by Crippen LogP contribution is 2.36. The number of ether oxygens (including phenoxy) is 1. The van der Waals surface area contributed by atoms with Gasteiger partial charge in [0.2, 0.25) is 5.91 Å². The molecule has 0 fully saturated rings. The number of aromatic nitrogens is 1. The highest BCUT2D eigenvalue weighted by Gasteiger charge is 2.24. The summed E-state index contributed by atoms with van der Waals surface area (Å²) in [4.78, 5) is 21.2. The van der Waals surface area contributed by atoms with Gasteiger partial charge in [-0.1, -0.05) is 17.4 Å². The first-order valence-electron chi connectivity index (χ1n) is 10.00. The Morgan fingerprint density at radius 1 is 1.12 bits per heavy atom. The Labute approximate surface area is 203 Å². The fraction of sp³-hybridized carbons (Fsp3) is 0.364. The van der Waals surface area contributed by atoms with Crippen LogP contribution in [0.3, 0.4) is 0 Å². The predicted molar refractivity (Wildman–Crippen MR) is 132 cm³/mol. The molecule has 0 saturated carbocycles. The number of anilines is 1. The minimum atomic E-state index is -3.72. The number of halogens is 2. The minimum absolute atomic E-state index is 0. The van der Waals surface area contributed by atoms with E-state index >= 15 is 0 Å². The van der Waals surface area contributed by atoms with E-state index in [0.29, 0.717) is 29.5 Å². The molecule has 2 aromatic carbocycles. The monoisotopic (exact) mass is 515 g/mol. The van der Waals surface area contributed by atoms with E-state index in [2.05, 4.69) is 4.98 Å². The molecule has 1 heterocycles. The summed E-state index contributed by atoms with van der Waals surface area (Å²) in [6, 6.07) is 8.37. The third-order valence-corrected chi connectivity index (χ3v) is 7.92. The highest BCUT2D eigenvalue weighted by molar-refractivity contribution is 7.91. The van der Waals surface area contributed by atoms with Crippen LogP contribution in [-0.2, 0) is 14.6 Å². The number of aryl methyl sites for hydroxylation is 1. The largest absolute Gasteiger partial charge is 0.494 e. The maximum atomic E-state index is 13.1. The molecular formula is C22H27ClFN3O4S2. The molecule has 1 aromatic heterocycles. The van der Waals surface area contributed by atoms with Crippen LogP contribution in [0.4, 0.5) is 9.52 Å². The van der Waals surface area contributed by atoms with Gasteiger partial charge in [-0.2, -0.15) is 0 Å². The van der Waals surface area contributed by atoms with E-state index in [1.807, 2.05) is 38.1 Å². The van der Waals surface area contributed by atoms with Crippen LogP contribution in [0.2, 0.25) is 0 Å². The first-order valence-corrected chi connectivity index (χ1v) is 12.5. The number of likely N-dealkylation sites (N-methyl/N-ethyl adjacent to an activating group) is 1. The maximum absolute atomic E-state index is 13.1. The molecule has 0 bridgehead atoms. The average molecular weight is 516 g/mol. The van der Waals surface area contributed by atoms with Gasteiger partial charge in [0, 0.05) is 19.5 Å². The third kappa shape index (κ3) is 6.41. The van der Waals surface area contributed by atoms with E-state index in [-0.39, 0.29) is 35.4 Å². The first kappa shape index (κ1) is 27.0. The minimum Gasteiger partial charge on any atom is -0.494 e. The zero-order chi connectivity index (χ0) is 23.5. The van der Waals surface area contributed by atoms with Gasteiger partial charge < -0.3 is 9.64 Å². The lowest BCUT2D eigenvalue weighted by molar-refractivity contribution is -0.118. The Morgan fingerprint density at radius 2 is 1.79 bits per heavy atom. The Balaban J connectivity index is 0.00000385. The average Bonchev–Trinajstić information content (AvgIpc) is 3.19. The molecule has 0 radical (unpaired) electrons. The summed E-state index contributed by atoms with van der Waals surface area (Å²) < 4.78 is 44.7. The number of fused-ring (bicyclic) bond motifs is 1. The second-order valence-electron chi connectivity index (χ2n) is 7.63. The van der Waals surface area contributed by atoms with E-state index in [1.165, 1.54) is 28.4 Å². The van der Waals surface area contributed by atoms with Crippen LogP contribution in [0, 0.1) is 12.7 Å². The van der Waals surface area contributed by atoms with Gasteiger partial charge in [-0.25, -0.2) is 17.8 Å². The van der Waals surface area contributed by atoms with Gasteiger partial charge in [-0.15, -0.1) is 12.4 Å². The quantitative estimate of drug-likeness (QED) is 0.402. The molecule has 0 aliphatic heterocycles. The Morgan fingerprint density at radius 3 is 2.39 bits per heavy atom. The lowest BCUT2D eigenvalue weighted by atomic mass is 10.2. The molecule has 1 amide bonds. The molecule has 11 heteroatoms. The lowest BCUT2D eigenvalue weighted by Crippen LogP contribution is -2.37. The van der Waals surface area contributed by atoms with Crippen LogP contribution in [0.15, 0.2) is 41.3 Å². The SMILES string of the molecule is COc1ccc(C)c2sc(N(CCN(C)C)C(=O)CCS(=O)(=O)c3ccc(F)cc3)nc12.Cl. The number of thiazole rings is 1. The standard InChI is InChI=1S/C22H26FN3O4S2.ClH/c1-15-5-10-18(30-4)20-21(15)31-22(24-20)26(13-12-25(2)3)19(27)11-14-32(28,29)17-8-6-16(23)7-9-17;/h5-10H,11-14H2,1-4H3;1H. The molecule has 33 heavy (non-hydrogen) atoms. The summed E-state index contributed by atoms with van der Waals surface area (Å²) >= 11 is 1.38. The number of benzene rings is 2. The predicted octanol–water partition coefficient (Wildman–Crippen LogP) is 3.93. The molecule has 3 rings (SSSR count). The van der Waals surface area contributed by atoms with Crippen molar-refractivity contribution in [3.05, 3.63) is 47.8 Å². The molecule has 0 spiro atoms. The zero-order valence-corrected chi connectivity index (χ0v) is 21.3. The Kier molecular flexibility index (Phi) is 9.19. The van der Waals surface area contributed by atoms with Gasteiger partial charge in [0.15, 0.2) is 15.0 Å². The number of carbonyl (C=O) groups is 1. The number of nitrogens with zero attached hydrogens (tertiary/aromatic N) is 3. The summed E-state index contributed by atoms with van der Waals surface area (Å²) in [6.07, 6.45) is -0.209. The third-order valence-electron chi connectivity index (χ3n) is 4.97. The molecule has 0 N–H and O–H groups in total. The molecular weight excluding hydrogens is 489 g/mol. The van der Waals surface area contributed by atoms with Gasteiger partial charge >= 0.3 is 0 Å². The van der Waals surface area contributed by atoms with Crippen LogP contribution in [0.1, 0.15) is 12.0 Å². The number of hydrogen-bond donors (Lipinski definition) is 0. The maximum Gasteiger partial charge on any atom is 0.229 e. The summed E-state index contributed by atoms with van der Waals surface area (Å²) in [5, 5.41) is 0.499. The number of methoxy groups -OCH3 is 1. The van der Waals surface area contributed by atoms with E-state index < -0.39 is 15.7 Å². The van der Waals surface area contributed by atoms with Crippen molar-refractivity contribution in [1.29, 1.82) is 0 Å². The molecule has 0 atom stereocenters. The van der Waals surface area contributed by atoms with Crippen molar-refractivity contribution in [3.63, 3.8) is 0 Å². The van der Waals surface area contributed by atoms with Crippen LogP contribution in [-0.4, -0.2) is 64.3 Å². The van der Waals surface area contributed by atoms with Crippen molar-refractivity contribution in [3.8, 4) is 5.75 Å². The van der Waals surface area contributed by atoms with E-state index in [1.54, 1.807) is 7.11 Å². The fourth-order valence-corrected chi connectivity index (χ4v) is 5.45. The van der Waals surface area contributed by atoms with Gasteiger partial charge in [0.1, 0.15) is 17.1 Å². The van der Waals surface area contributed by atoms with Gasteiger partial charge in [0.05, 0.1) is 22.5 Å². The van der Waals surface area contributed by atoms with Gasteiger partial charge in [-0.3, -0.25) is 9.69 Å². The van der Waals surface area contributed by atoms with E-state index in [4.69, 9.17) is 4.74 Å². The van der Waals surface area contributed by atoms with Crippen LogP contribution in [0.25, 0.3) is 10.2 Å². The Hall–Kier alpha value is -2.27. The smallest absolute Gasteiger partial charge is 0.229 e. The highest BCUT2D eigenvalue weighted by atomic mass is 35.5. The normalized spacial score (nSPS) is 11.5. The molecule has 3 aromatic rings. The number of sulfone groups is 1. The molecule has 7 nitrogen and oxygen atoms in total. The van der Waals surface area contributed by atoms with E-state index in [9.17, 15) is 17.6 Å². The first-order chi connectivity index (χ1) is 15.1. The van der Waals surface area contributed by atoms with Crippen LogP contribution in [0.5, 0.6) is 5.75 Å². The van der Waals surface area contributed by atoms with Crippen molar-refractivity contribution in [1.82, 2.24) is 9.88 Å². The van der Waals surface area contributed by atoms with Crippen LogP contribution < -0.4 is 9.64 Å². The number of carbonyl (C=O) groups excluding carboxylic acids is 1. The topological polar surface area (TPSA) is 79.8 Å². The van der Waals surface area contributed by atoms with Crippen molar-refractivity contribution in [2.75, 3.05) is 44.9 Å². The summed E-state index contributed by atoms with van der Waals surface area (Å²) in [5.41, 5.74) is 1.69. The number of rotatable bonds is 9. The molecule has 0 aliphatic carbocycles. The molecule has 0 unspecified atom stereocenters. The van der Waals surface area contributed by atoms with Crippen LogP contribution >= 0.6 is 23.7 Å². The second-order valence-corrected chi connectivity index (χ2v) is 10.7. The summed E-state index contributed by atoms with van der Waals surface area (Å²) in [6.45, 7) is 2.91. The van der Waals surface area contributed by atoms with Gasteiger partial charge in [-0.05, 0) is 56.9 Å². The van der Waals surface area contributed by atoms with Crippen molar-refractivity contribution in [2.24, 2.45) is 0 Å². The molecule has 0 saturated heterocycles. The summed E-state index contributed by atoms with van der Waals surface area (Å²) in [7, 11) is 1.64. The van der Waals surface area contributed by atoms with Crippen molar-refractivity contribution < 1.29 is 22.3 Å². The van der Waals surface area contributed by atoms with E-state index in [0.717, 1.165) is 22.4 Å². The second kappa shape index (κ2) is 11.2.